The van der Waals surface area contributed by atoms with Gasteiger partial charge in [-0.2, -0.15) is 0 Å². The van der Waals surface area contributed by atoms with E-state index in [1.807, 2.05) is 13.0 Å². The van der Waals surface area contributed by atoms with E-state index in [1.54, 1.807) is 0 Å². The average molecular weight is 322 g/mol. The van der Waals surface area contributed by atoms with Gasteiger partial charge in [-0.15, -0.1) is 6.58 Å². The first-order valence-corrected chi connectivity index (χ1v) is 8.19. The largest absolute Gasteiger partial charge is 0.371 e. The predicted octanol–water partition coefficient (Wildman–Crippen LogP) is 2.82. The number of nitrogens with zero attached hydrogens (tertiary/aromatic N) is 3. The van der Waals surface area contributed by atoms with Crippen molar-refractivity contribution >= 4 is 17.4 Å². The number of anilines is 1. The molecule has 2 fully saturated rings. The summed E-state index contributed by atoms with van der Waals surface area (Å²) in [5.74, 6) is 0.919. The summed E-state index contributed by atoms with van der Waals surface area (Å²) in [6.45, 7) is 8.13. The molecule has 0 saturated carbocycles. The first-order chi connectivity index (χ1) is 10.6. The van der Waals surface area contributed by atoms with E-state index in [0.29, 0.717) is 25.2 Å². The highest BCUT2D eigenvalue weighted by Gasteiger charge is 2.41. The average Bonchev–Trinajstić information content (AvgIpc) is 2.99. The molecule has 2 bridgehead atoms. The van der Waals surface area contributed by atoms with E-state index in [9.17, 15) is 0 Å². The molecule has 4 heterocycles. The van der Waals surface area contributed by atoms with Crippen molar-refractivity contribution in [2.45, 2.75) is 50.6 Å². The summed E-state index contributed by atoms with van der Waals surface area (Å²) in [7, 11) is 0. The lowest BCUT2D eigenvalue weighted by atomic mass is 9.96. The van der Waals surface area contributed by atoms with Gasteiger partial charge in [0.1, 0.15) is 11.4 Å². The van der Waals surface area contributed by atoms with Gasteiger partial charge in [-0.1, -0.05) is 6.08 Å². The third kappa shape index (κ3) is 2.23. The van der Waals surface area contributed by atoms with Crippen LogP contribution in [0.3, 0.4) is 0 Å². The minimum absolute atomic E-state index is 0.286. The zero-order valence-corrected chi connectivity index (χ0v) is 13.5. The molecular weight excluding hydrogens is 302 g/mol. The summed E-state index contributed by atoms with van der Waals surface area (Å²) in [5.41, 5.74) is 1.51. The van der Waals surface area contributed by atoms with Gasteiger partial charge in [0, 0.05) is 18.7 Å². The van der Waals surface area contributed by atoms with Crippen LogP contribution in [0.2, 0.25) is 5.28 Å². The lowest BCUT2D eigenvalue weighted by Gasteiger charge is -2.34. The molecule has 0 spiro atoms. The molecule has 3 aliphatic heterocycles. The molecule has 3 atom stereocenters. The lowest BCUT2D eigenvalue weighted by Crippen LogP contribution is -2.43. The molecule has 1 unspecified atom stereocenters. The number of fused-ring (bicyclic) bond motifs is 3. The van der Waals surface area contributed by atoms with Gasteiger partial charge in [-0.3, -0.25) is 0 Å². The van der Waals surface area contributed by atoms with Gasteiger partial charge in [0.05, 0.1) is 24.5 Å². The Hall–Kier alpha value is -1.17. The molecule has 1 aromatic heterocycles. The third-order valence-electron chi connectivity index (χ3n) is 4.87. The van der Waals surface area contributed by atoms with Crippen LogP contribution in [0.15, 0.2) is 12.7 Å². The van der Waals surface area contributed by atoms with Crippen LogP contribution in [-0.4, -0.2) is 35.3 Å². The van der Waals surface area contributed by atoms with E-state index in [1.165, 1.54) is 0 Å². The van der Waals surface area contributed by atoms with Crippen LogP contribution in [0.25, 0.3) is 0 Å². The van der Waals surface area contributed by atoms with Gasteiger partial charge in [0.2, 0.25) is 5.28 Å². The third-order valence-corrected chi connectivity index (χ3v) is 5.04. The molecule has 22 heavy (non-hydrogen) atoms. The second-order valence-electron chi connectivity index (χ2n) is 6.52. The number of rotatable bonds is 3. The van der Waals surface area contributed by atoms with Gasteiger partial charge in [-0.25, -0.2) is 9.97 Å². The molecule has 3 aliphatic rings. The maximum atomic E-state index is 6.20. The minimum atomic E-state index is -0.455. The number of aromatic nitrogens is 2. The molecule has 5 nitrogen and oxygen atoms in total. The second kappa shape index (κ2) is 5.18. The fourth-order valence-electron chi connectivity index (χ4n) is 3.80. The van der Waals surface area contributed by atoms with Crippen molar-refractivity contribution < 1.29 is 9.47 Å². The molecular formula is C16H20ClN3O2. The number of hydrogen-bond donors (Lipinski definition) is 0. The predicted molar refractivity (Wildman–Crippen MR) is 84.1 cm³/mol. The fourth-order valence-corrected chi connectivity index (χ4v) is 3.96. The summed E-state index contributed by atoms with van der Waals surface area (Å²) >= 11 is 6.20. The highest BCUT2D eigenvalue weighted by atomic mass is 35.5. The zero-order chi connectivity index (χ0) is 15.3. The molecule has 0 radical (unpaired) electrons. The Morgan fingerprint density at radius 2 is 2.09 bits per heavy atom. The second-order valence-corrected chi connectivity index (χ2v) is 6.86. The Labute approximate surface area is 135 Å². The summed E-state index contributed by atoms with van der Waals surface area (Å²) in [5, 5.41) is 0.286. The molecule has 2 saturated heterocycles. The highest BCUT2D eigenvalue weighted by Crippen LogP contribution is 2.42. The van der Waals surface area contributed by atoms with E-state index in [2.05, 4.69) is 21.4 Å². The maximum Gasteiger partial charge on any atom is 0.224 e. The topological polar surface area (TPSA) is 47.5 Å². The van der Waals surface area contributed by atoms with Crippen molar-refractivity contribution in [1.82, 2.24) is 9.97 Å². The molecule has 0 N–H and O–H groups in total. The van der Waals surface area contributed by atoms with Crippen LogP contribution in [0.4, 0.5) is 5.82 Å². The van der Waals surface area contributed by atoms with Gasteiger partial charge in [0.15, 0.2) is 0 Å². The summed E-state index contributed by atoms with van der Waals surface area (Å²) in [6, 6.07) is 0. The summed E-state index contributed by atoms with van der Waals surface area (Å²) < 4.78 is 11.9. The van der Waals surface area contributed by atoms with Crippen LogP contribution in [0.1, 0.15) is 37.4 Å². The lowest BCUT2D eigenvalue weighted by molar-refractivity contribution is -0.0229. The first-order valence-electron chi connectivity index (χ1n) is 7.81. The normalized spacial score (nSPS) is 33.1. The molecule has 4 rings (SSSR count). The van der Waals surface area contributed by atoms with Crippen molar-refractivity contribution in [3.05, 3.63) is 29.2 Å². The molecule has 118 valence electrons. The molecule has 1 aromatic rings. The maximum absolute atomic E-state index is 6.20. The van der Waals surface area contributed by atoms with E-state index in [-0.39, 0.29) is 5.28 Å². The van der Waals surface area contributed by atoms with Crippen LogP contribution >= 0.6 is 11.6 Å². The van der Waals surface area contributed by atoms with Crippen LogP contribution in [0.5, 0.6) is 0 Å². The van der Waals surface area contributed by atoms with Crippen LogP contribution < -0.4 is 4.90 Å². The van der Waals surface area contributed by atoms with Crippen molar-refractivity contribution in [2.24, 2.45) is 0 Å². The highest BCUT2D eigenvalue weighted by molar-refractivity contribution is 6.28. The van der Waals surface area contributed by atoms with Crippen LogP contribution in [-0.2, 0) is 21.7 Å². The Morgan fingerprint density at radius 3 is 2.77 bits per heavy atom. The number of halogens is 1. The van der Waals surface area contributed by atoms with Gasteiger partial charge >= 0.3 is 0 Å². The molecule has 0 amide bonds. The molecule has 0 aliphatic carbocycles. The fraction of sp³-hybridized carbons (Fsp3) is 0.625. The van der Waals surface area contributed by atoms with Crippen molar-refractivity contribution in [1.29, 1.82) is 0 Å². The van der Waals surface area contributed by atoms with Crippen molar-refractivity contribution in [3.63, 3.8) is 0 Å². The van der Waals surface area contributed by atoms with E-state index < -0.39 is 5.60 Å². The monoisotopic (exact) mass is 321 g/mol. The Kier molecular flexibility index (Phi) is 3.40. The quantitative estimate of drug-likeness (QED) is 0.633. The van der Waals surface area contributed by atoms with Crippen LogP contribution in [0, 0.1) is 0 Å². The molecule has 6 heteroatoms. The van der Waals surface area contributed by atoms with E-state index in [0.717, 1.165) is 43.0 Å². The minimum Gasteiger partial charge on any atom is -0.371 e. The van der Waals surface area contributed by atoms with Gasteiger partial charge < -0.3 is 14.4 Å². The first kappa shape index (κ1) is 14.4. The Bertz CT molecular complexity index is 612. The van der Waals surface area contributed by atoms with Crippen molar-refractivity contribution in [3.8, 4) is 0 Å². The summed E-state index contributed by atoms with van der Waals surface area (Å²) in [6.07, 6.45) is 5.45. The number of hydrogen-bond acceptors (Lipinski definition) is 5. The Morgan fingerprint density at radius 1 is 1.36 bits per heavy atom. The zero-order valence-electron chi connectivity index (χ0n) is 12.7. The smallest absolute Gasteiger partial charge is 0.224 e. The summed E-state index contributed by atoms with van der Waals surface area (Å²) in [4.78, 5) is 11.3. The molecule has 0 aromatic carbocycles. The SMILES string of the molecule is C=CCC1(C)OCc2c(N3C[C@H]4CC[C@@H](C3)O4)nc(Cl)nc21. The number of ether oxygens (including phenoxy) is 2. The Balaban J connectivity index is 1.74. The number of morpholine rings is 1. The van der Waals surface area contributed by atoms with Crippen molar-refractivity contribution in [2.75, 3.05) is 18.0 Å². The van der Waals surface area contributed by atoms with Gasteiger partial charge in [-0.05, 0) is 37.8 Å². The van der Waals surface area contributed by atoms with E-state index >= 15 is 0 Å². The van der Waals surface area contributed by atoms with Gasteiger partial charge in [0.25, 0.3) is 0 Å². The van der Waals surface area contributed by atoms with E-state index in [4.69, 9.17) is 21.1 Å². The standard InChI is InChI=1S/C16H20ClN3O2/c1-3-6-16(2)13-12(9-21-16)14(19-15(17)18-13)20-7-10-4-5-11(8-20)22-10/h3,10-11H,1,4-9H2,2H3/t10-,11+,16?.